The number of methoxy groups -OCH3 is 2. The molecule has 24 heavy (non-hydrogen) atoms. The van der Waals surface area contributed by atoms with Crippen LogP contribution in [0.2, 0.25) is 0 Å². The Morgan fingerprint density at radius 3 is 2.21 bits per heavy atom. The maximum atomic E-state index is 12.2. The molecule has 6 heteroatoms. The van der Waals surface area contributed by atoms with Gasteiger partial charge in [0.05, 0.1) is 0 Å². The Balaban J connectivity index is 2.18. The van der Waals surface area contributed by atoms with Gasteiger partial charge in [0.1, 0.15) is 0 Å². The van der Waals surface area contributed by atoms with Crippen LogP contribution in [0.4, 0.5) is 0 Å². The third-order valence-electron chi connectivity index (χ3n) is 3.80. The summed E-state index contributed by atoms with van der Waals surface area (Å²) in [5.74, 6) is -2.48. The molecule has 0 aromatic heterocycles. The van der Waals surface area contributed by atoms with Gasteiger partial charge in [-0.15, -0.1) is 0 Å². The molecule has 0 bridgehead atoms. The number of carbonyl (C=O) groups excluding carboxylic acids is 2. The van der Waals surface area contributed by atoms with Crippen LogP contribution in [-0.2, 0) is 23.8 Å². The van der Waals surface area contributed by atoms with Gasteiger partial charge in [-0.3, -0.25) is 0 Å². The van der Waals surface area contributed by atoms with Crippen molar-refractivity contribution in [2.24, 2.45) is 11.8 Å². The van der Waals surface area contributed by atoms with Crippen LogP contribution in [0, 0.1) is 11.8 Å². The van der Waals surface area contributed by atoms with Gasteiger partial charge in [0.2, 0.25) is 0 Å². The van der Waals surface area contributed by atoms with Gasteiger partial charge < -0.3 is 0 Å². The fourth-order valence-electron chi connectivity index (χ4n) is 2.65. The van der Waals surface area contributed by atoms with Crippen LogP contribution in [0.3, 0.4) is 0 Å². The van der Waals surface area contributed by atoms with Crippen molar-refractivity contribution in [3.63, 3.8) is 0 Å². The van der Waals surface area contributed by atoms with Crippen molar-refractivity contribution in [1.29, 1.82) is 0 Å². The number of esters is 2. The molecule has 1 saturated heterocycles. The standard InChI is InChI=1S/C18H20O5Se/c1-4-13-15(17(19)21-2)16(18(20)22-3)14(23-13)10-11-24-12-8-6-5-7-9-12/h4-11,13-16H,1H2,2-3H3/b11-10+. The van der Waals surface area contributed by atoms with Gasteiger partial charge in [0.15, 0.2) is 0 Å². The summed E-state index contributed by atoms with van der Waals surface area (Å²) in [6.45, 7) is 3.69. The van der Waals surface area contributed by atoms with Gasteiger partial charge in [0.25, 0.3) is 0 Å². The molecule has 1 aliphatic rings. The predicted molar refractivity (Wildman–Crippen MR) is 90.8 cm³/mol. The van der Waals surface area contributed by atoms with Crippen molar-refractivity contribution in [2.75, 3.05) is 14.2 Å². The first-order valence-electron chi connectivity index (χ1n) is 7.44. The third kappa shape index (κ3) is 4.15. The minimum absolute atomic E-state index is 0.109. The first-order chi connectivity index (χ1) is 11.6. The van der Waals surface area contributed by atoms with Crippen molar-refractivity contribution in [3.8, 4) is 0 Å². The van der Waals surface area contributed by atoms with Crippen LogP contribution >= 0.6 is 0 Å². The van der Waals surface area contributed by atoms with E-state index < -0.39 is 36.0 Å². The number of ether oxygens (including phenoxy) is 3. The number of benzene rings is 1. The van der Waals surface area contributed by atoms with E-state index in [-0.39, 0.29) is 15.0 Å². The molecular formula is C18H20O5Se. The molecule has 1 heterocycles. The predicted octanol–water partition coefficient (Wildman–Crippen LogP) is 1.06. The van der Waals surface area contributed by atoms with Gasteiger partial charge in [-0.2, -0.15) is 0 Å². The van der Waals surface area contributed by atoms with Gasteiger partial charge in [0, 0.05) is 0 Å². The molecule has 0 spiro atoms. The molecule has 2 rings (SSSR count). The van der Waals surface area contributed by atoms with Crippen molar-refractivity contribution >= 4 is 31.4 Å². The second-order valence-corrected chi connectivity index (χ2v) is 7.21. The van der Waals surface area contributed by atoms with E-state index in [9.17, 15) is 9.59 Å². The minimum atomic E-state index is -0.751. The fraction of sp³-hybridized carbons (Fsp3) is 0.333. The molecule has 5 nitrogen and oxygen atoms in total. The monoisotopic (exact) mass is 396 g/mol. The summed E-state index contributed by atoms with van der Waals surface area (Å²) in [5.41, 5.74) is 0. The Labute approximate surface area is 147 Å². The summed E-state index contributed by atoms with van der Waals surface area (Å²) in [4.78, 5) is 26.2. The summed E-state index contributed by atoms with van der Waals surface area (Å²) in [6.07, 6.45) is 2.22. The number of rotatable bonds is 6. The summed E-state index contributed by atoms with van der Waals surface area (Å²) >= 11 is 0.109. The van der Waals surface area contributed by atoms with Crippen molar-refractivity contribution in [3.05, 3.63) is 54.0 Å². The second-order valence-electron chi connectivity index (χ2n) is 5.16. The van der Waals surface area contributed by atoms with E-state index in [0.717, 1.165) is 0 Å². The molecule has 1 fully saturated rings. The van der Waals surface area contributed by atoms with E-state index in [4.69, 9.17) is 14.2 Å². The van der Waals surface area contributed by atoms with E-state index in [2.05, 4.69) is 6.58 Å². The molecule has 1 aromatic carbocycles. The van der Waals surface area contributed by atoms with E-state index in [1.54, 1.807) is 0 Å². The number of carbonyl (C=O) groups is 2. The van der Waals surface area contributed by atoms with Crippen LogP contribution in [0.1, 0.15) is 0 Å². The first kappa shape index (κ1) is 18.5. The molecule has 0 radical (unpaired) electrons. The molecule has 4 unspecified atom stereocenters. The van der Waals surface area contributed by atoms with Crippen LogP contribution < -0.4 is 4.46 Å². The number of hydrogen-bond acceptors (Lipinski definition) is 5. The topological polar surface area (TPSA) is 61.8 Å². The van der Waals surface area contributed by atoms with E-state index >= 15 is 0 Å². The zero-order valence-corrected chi connectivity index (χ0v) is 15.3. The van der Waals surface area contributed by atoms with Crippen LogP contribution in [0.25, 0.3) is 0 Å². The third-order valence-corrected chi connectivity index (χ3v) is 5.56. The molecule has 0 aliphatic carbocycles. The molecule has 0 N–H and O–H groups in total. The van der Waals surface area contributed by atoms with E-state index in [1.807, 2.05) is 41.4 Å². The zero-order chi connectivity index (χ0) is 17.5. The Morgan fingerprint density at radius 1 is 1.08 bits per heavy atom. The van der Waals surface area contributed by atoms with Gasteiger partial charge in [-0.1, -0.05) is 0 Å². The normalized spacial score (nSPS) is 26.2. The van der Waals surface area contributed by atoms with Gasteiger partial charge >= 0.3 is 147 Å². The summed E-state index contributed by atoms with van der Waals surface area (Å²) in [7, 11) is 2.59. The second kappa shape index (κ2) is 8.83. The average molecular weight is 395 g/mol. The van der Waals surface area contributed by atoms with E-state index in [0.29, 0.717) is 0 Å². The Hall–Kier alpha value is -1.88. The van der Waals surface area contributed by atoms with Crippen LogP contribution in [0.5, 0.6) is 0 Å². The zero-order valence-electron chi connectivity index (χ0n) is 13.6. The van der Waals surface area contributed by atoms with Crippen LogP contribution in [-0.4, -0.2) is 53.3 Å². The van der Waals surface area contributed by atoms with Gasteiger partial charge in [-0.05, 0) is 0 Å². The first-order valence-corrected chi connectivity index (χ1v) is 9.29. The Kier molecular flexibility index (Phi) is 6.79. The maximum absolute atomic E-state index is 12.2. The summed E-state index contributed by atoms with van der Waals surface area (Å²) in [5, 5.41) is 0. The van der Waals surface area contributed by atoms with Crippen molar-refractivity contribution < 1.29 is 23.8 Å². The van der Waals surface area contributed by atoms with Gasteiger partial charge in [-0.25, -0.2) is 0 Å². The molecule has 0 saturated carbocycles. The SMILES string of the molecule is C=CC1OC(/C=C/[Se]c2ccccc2)C(C(=O)OC)C1C(=O)OC. The van der Waals surface area contributed by atoms with Crippen LogP contribution in [0.15, 0.2) is 54.0 Å². The molecule has 1 aromatic rings. The van der Waals surface area contributed by atoms with Crippen molar-refractivity contribution in [2.45, 2.75) is 12.2 Å². The molecule has 1 aliphatic heterocycles. The molecular weight excluding hydrogens is 375 g/mol. The Morgan fingerprint density at radius 2 is 1.67 bits per heavy atom. The molecule has 128 valence electrons. The molecule has 4 atom stereocenters. The van der Waals surface area contributed by atoms with Crippen molar-refractivity contribution in [1.82, 2.24) is 0 Å². The number of hydrogen-bond donors (Lipinski definition) is 0. The quantitative estimate of drug-likeness (QED) is 0.410. The average Bonchev–Trinajstić information content (AvgIpc) is 2.99. The summed E-state index contributed by atoms with van der Waals surface area (Å²) < 4.78 is 16.7. The Bertz CT molecular complexity index is 613. The summed E-state index contributed by atoms with van der Waals surface area (Å²) in [6, 6.07) is 10.0. The fourth-order valence-corrected chi connectivity index (χ4v) is 4.13. The molecule has 0 amide bonds. The van der Waals surface area contributed by atoms with E-state index in [1.165, 1.54) is 24.8 Å².